The second-order valence-corrected chi connectivity index (χ2v) is 14.8. The quantitative estimate of drug-likeness (QED) is 0.163. The zero-order chi connectivity index (χ0) is 37.8. The minimum Gasteiger partial charge on any atom is -0.456 e. The Morgan fingerprint density at radius 2 is 0.860 bits per heavy atom. The number of hydrogen-bond acceptors (Lipinski definition) is 2. The van der Waals surface area contributed by atoms with Crippen LogP contribution in [0.2, 0.25) is 0 Å². The van der Waals surface area contributed by atoms with Crippen LogP contribution in [0.25, 0.3) is 55.3 Å². The van der Waals surface area contributed by atoms with E-state index in [1.165, 1.54) is 50.1 Å². The van der Waals surface area contributed by atoms with Gasteiger partial charge in [0.25, 0.3) is 0 Å². The number of benzene rings is 9. The lowest BCUT2D eigenvalue weighted by atomic mass is 9.67. The van der Waals surface area contributed by atoms with Gasteiger partial charge in [-0.3, -0.25) is 0 Å². The molecule has 0 aliphatic heterocycles. The van der Waals surface area contributed by atoms with E-state index in [9.17, 15) is 0 Å². The van der Waals surface area contributed by atoms with E-state index >= 15 is 0 Å². The highest BCUT2D eigenvalue weighted by Crippen LogP contribution is 2.62. The Bertz CT molecular complexity index is 2990. The molecule has 0 N–H and O–H groups in total. The van der Waals surface area contributed by atoms with E-state index in [-0.39, 0.29) is 0 Å². The lowest BCUT2D eigenvalue weighted by molar-refractivity contribution is 0.666. The molecule has 0 spiro atoms. The number of hydrogen-bond donors (Lipinski definition) is 0. The van der Waals surface area contributed by atoms with Crippen LogP contribution in [-0.4, -0.2) is 0 Å². The molecule has 0 bridgehead atoms. The maximum absolute atomic E-state index is 7.05. The van der Waals surface area contributed by atoms with Crippen molar-refractivity contribution in [2.24, 2.45) is 0 Å². The fourth-order valence-corrected chi connectivity index (χ4v) is 9.28. The van der Waals surface area contributed by atoms with Crippen LogP contribution in [0, 0.1) is 0 Å². The van der Waals surface area contributed by atoms with Crippen molar-refractivity contribution in [3.05, 3.63) is 247 Å². The molecule has 0 atom stereocenters. The van der Waals surface area contributed by atoms with E-state index < -0.39 is 5.41 Å². The lowest BCUT2D eigenvalue weighted by Crippen LogP contribution is -2.28. The molecule has 0 fully saturated rings. The molecule has 57 heavy (non-hydrogen) atoms. The number of anilines is 3. The first-order valence-electron chi connectivity index (χ1n) is 19.6. The Morgan fingerprint density at radius 3 is 1.49 bits per heavy atom. The molecule has 2 nitrogen and oxygen atoms in total. The highest BCUT2D eigenvalue weighted by Gasteiger charge is 2.48. The zero-order valence-corrected chi connectivity index (χ0v) is 31.2. The fraction of sp³-hybridized carbons (Fsp3) is 0.0182. The molecule has 1 heterocycles. The van der Waals surface area contributed by atoms with Crippen molar-refractivity contribution in [1.82, 2.24) is 0 Å². The van der Waals surface area contributed by atoms with Crippen LogP contribution in [0.5, 0.6) is 0 Å². The molecular weight excluding hydrogens is 691 g/mol. The third kappa shape index (κ3) is 5.18. The van der Waals surface area contributed by atoms with Crippen LogP contribution >= 0.6 is 0 Å². The molecule has 1 aliphatic rings. The topological polar surface area (TPSA) is 16.4 Å². The molecule has 268 valence electrons. The summed E-state index contributed by atoms with van der Waals surface area (Å²) < 4.78 is 7.05. The molecule has 0 amide bonds. The highest BCUT2D eigenvalue weighted by atomic mass is 16.3. The van der Waals surface area contributed by atoms with Crippen LogP contribution < -0.4 is 4.90 Å². The monoisotopic (exact) mass is 727 g/mol. The Hall–Kier alpha value is -7.42. The summed E-state index contributed by atoms with van der Waals surface area (Å²) in [5.41, 5.74) is 16.4. The summed E-state index contributed by atoms with van der Waals surface area (Å²) in [5.74, 6) is 0. The SMILES string of the molecule is c1ccc(-c2ccc(N(c3ccccc3)c3c4c(cc5oc6ccc(-c7ccccc7)cc6c35)C(c3ccccc3)(c3ccccc3)c3ccccc3-4)cc2)cc1. The van der Waals surface area contributed by atoms with Crippen LogP contribution in [0.3, 0.4) is 0 Å². The average Bonchev–Trinajstić information content (AvgIpc) is 3.81. The predicted octanol–water partition coefficient (Wildman–Crippen LogP) is 14.8. The maximum atomic E-state index is 7.05. The zero-order valence-electron chi connectivity index (χ0n) is 31.2. The number of para-hydroxylation sites is 1. The summed E-state index contributed by atoms with van der Waals surface area (Å²) in [4.78, 5) is 2.46. The first-order valence-corrected chi connectivity index (χ1v) is 19.6. The first-order chi connectivity index (χ1) is 28.3. The second-order valence-electron chi connectivity index (χ2n) is 14.8. The van der Waals surface area contributed by atoms with Gasteiger partial charge in [-0.05, 0) is 92.5 Å². The Kier molecular flexibility index (Phi) is 7.75. The van der Waals surface area contributed by atoms with E-state index in [0.717, 1.165) is 44.6 Å². The van der Waals surface area contributed by atoms with E-state index in [1.807, 2.05) is 0 Å². The molecule has 0 radical (unpaired) electrons. The molecule has 1 aromatic heterocycles. The van der Waals surface area contributed by atoms with Gasteiger partial charge in [0.2, 0.25) is 0 Å². The molecule has 1 aliphatic carbocycles. The van der Waals surface area contributed by atoms with Crippen LogP contribution in [0.15, 0.2) is 229 Å². The minimum atomic E-state index is -0.606. The number of rotatable bonds is 7. The molecule has 0 saturated carbocycles. The Morgan fingerprint density at radius 1 is 0.368 bits per heavy atom. The standard InChI is InChI=1S/C55H37NO/c1-6-18-38(19-7-1)40-30-33-45(34-31-40)56(44-26-14-5-15-27-44)54-52-46-28-16-17-29-48(46)55(42-22-10-3-11-23-42,43-24-12-4-13-25-43)49(52)37-51-53(54)47-36-41(32-35-50(47)57-51)39-20-8-2-9-21-39/h1-37H. The van der Waals surface area contributed by atoms with Gasteiger partial charge in [-0.15, -0.1) is 0 Å². The number of nitrogens with zero attached hydrogens (tertiary/aromatic N) is 1. The summed E-state index contributed by atoms with van der Waals surface area (Å²) in [6.07, 6.45) is 0. The van der Waals surface area contributed by atoms with E-state index in [4.69, 9.17) is 4.42 Å². The van der Waals surface area contributed by atoms with Gasteiger partial charge in [0.1, 0.15) is 11.2 Å². The van der Waals surface area contributed by atoms with Crippen molar-refractivity contribution in [3.63, 3.8) is 0 Å². The summed E-state index contributed by atoms with van der Waals surface area (Å²) in [5, 5.41) is 2.17. The van der Waals surface area contributed by atoms with Gasteiger partial charge >= 0.3 is 0 Å². The van der Waals surface area contributed by atoms with Crippen LogP contribution in [0.4, 0.5) is 17.1 Å². The van der Waals surface area contributed by atoms with Crippen LogP contribution in [-0.2, 0) is 5.41 Å². The van der Waals surface area contributed by atoms with Gasteiger partial charge in [0, 0.05) is 22.3 Å². The highest BCUT2D eigenvalue weighted by molar-refractivity contribution is 6.19. The van der Waals surface area contributed by atoms with Gasteiger partial charge in [-0.25, -0.2) is 0 Å². The van der Waals surface area contributed by atoms with Crippen molar-refractivity contribution in [3.8, 4) is 33.4 Å². The third-order valence-electron chi connectivity index (χ3n) is 11.7. The van der Waals surface area contributed by atoms with Gasteiger partial charge < -0.3 is 9.32 Å². The lowest BCUT2D eigenvalue weighted by Gasteiger charge is -2.34. The third-order valence-corrected chi connectivity index (χ3v) is 11.7. The summed E-state index contributed by atoms with van der Waals surface area (Å²) in [6.45, 7) is 0. The molecule has 0 saturated heterocycles. The second kappa shape index (κ2) is 13.4. The van der Waals surface area contributed by atoms with E-state index in [2.05, 4.69) is 229 Å². The molecule has 11 rings (SSSR count). The minimum absolute atomic E-state index is 0.606. The van der Waals surface area contributed by atoms with Crippen molar-refractivity contribution in [2.45, 2.75) is 5.41 Å². The maximum Gasteiger partial charge on any atom is 0.137 e. The molecule has 9 aromatic carbocycles. The normalized spacial score (nSPS) is 12.7. The smallest absolute Gasteiger partial charge is 0.137 e. The summed E-state index contributed by atoms with van der Waals surface area (Å²) >= 11 is 0. The number of fused-ring (bicyclic) bond motifs is 6. The van der Waals surface area contributed by atoms with Gasteiger partial charge in [-0.1, -0.05) is 182 Å². The number of furan rings is 1. The van der Waals surface area contributed by atoms with Crippen LogP contribution in [0.1, 0.15) is 22.3 Å². The largest absolute Gasteiger partial charge is 0.456 e. The van der Waals surface area contributed by atoms with E-state index in [1.54, 1.807) is 0 Å². The molecule has 2 heteroatoms. The van der Waals surface area contributed by atoms with Crippen molar-refractivity contribution in [2.75, 3.05) is 4.90 Å². The summed E-state index contributed by atoms with van der Waals surface area (Å²) in [7, 11) is 0. The average molecular weight is 728 g/mol. The first kappa shape index (κ1) is 33.0. The fourth-order valence-electron chi connectivity index (χ4n) is 9.28. The van der Waals surface area contributed by atoms with Crippen molar-refractivity contribution < 1.29 is 4.42 Å². The Labute approximate surface area is 332 Å². The van der Waals surface area contributed by atoms with Gasteiger partial charge in [0.15, 0.2) is 0 Å². The van der Waals surface area contributed by atoms with Crippen molar-refractivity contribution >= 4 is 39.0 Å². The Balaban J connectivity index is 1.31. The molecular formula is C55H37NO. The summed E-state index contributed by atoms with van der Waals surface area (Å²) in [6, 6.07) is 81.0. The predicted molar refractivity (Wildman–Crippen MR) is 237 cm³/mol. The van der Waals surface area contributed by atoms with Gasteiger partial charge in [-0.2, -0.15) is 0 Å². The molecule has 10 aromatic rings. The van der Waals surface area contributed by atoms with Gasteiger partial charge in [0.05, 0.1) is 16.5 Å². The van der Waals surface area contributed by atoms with E-state index in [0.29, 0.717) is 0 Å². The van der Waals surface area contributed by atoms with Crippen molar-refractivity contribution in [1.29, 1.82) is 0 Å². The molecule has 0 unspecified atom stereocenters.